The molecule has 138 valence electrons. The van der Waals surface area contributed by atoms with Crippen molar-refractivity contribution < 1.29 is 5.11 Å². The molecule has 0 amide bonds. The van der Waals surface area contributed by atoms with Crippen LogP contribution < -0.4 is 0 Å². The Labute approximate surface area is 147 Å². The van der Waals surface area contributed by atoms with Crippen LogP contribution in [0, 0.1) is 11.8 Å². The standard InChI is InChI=1S/C19H36N4O/c1-15(2)5-7-23-9-8-22(14-19(23)6-10-24)13-18-12-17(20-21-18)11-16(3)4/h12,15-16,19,24H,5-11,13-14H2,1-4H3,(H,20,21). The monoisotopic (exact) mass is 336 g/mol. The van der Waals surface area contributed by atoms with E-state index in [1.807, 2.05) is 0 Å². The van der Waals surface area contributed by atoms with Crippen molar-refractivity contribution in [1.82, 2.24) is 20.0 Å². The van der Waals surface area contributed by atoms with E-state index in [0.29, 0.717) is 12.0 Å². The minimum Gasteiger partial charge on any atom is -0.396 e. The van der Waals surface area contributed by atoms with Gasteiger partial charge in [-0.3, -0.25) is 14.9 Å². The first-order chi connectivity index (χ1) is 11.5. The summed E-state index contributed by atoms with van der Waals surface area (Å²) in [7, 11) is 0. The lowest BCUT2D eigenvalue weighted by Crippen LogP contribution is -2.53. The average molecular weight is 337 g/mol. The van der Waals surface area contributed by atoms with E-state index in [-0.39, 0.29) is 6.61 Å². The van der Waals surface area contributed by atoms with Crippen LogP contribution in [0.25, 0.3) is 0 Å². The van der Waals surface area contributed by atoms with E-state index in [9.17, 15) is 5.11 Å². The van der Waals surface area contributed by atoms with Crippen molar-refractivity contribution in [2.75, 3.05) is 32.8 Å². The number of piperazine rings is 1. The Morgan fingerprint density at radius 3 is 2.71 bits per heavy atom. The van der Waals surface area contributed by atoms with E-state index in [1.165, 1.54) is 17.8 Å². The smallest absolute Gasteiger partial charge is 0.0628 e. The summed E-state index contributed by atoms with van der Waals surface area (Å²) in [5.41, 5.74) is 2.38. The molecule has 5 heteroatoms. The Hall–Kier alpha value is -0.910. The summed E-state index contributed by atoms with van der Waals surface area (Å²) in [4.78, 5) is 5.07. The Balaban J connectivity index is 1.87. The number of nitrogens with zero attached hydrogens (tertiary/aromatic N) is 3. The van der Waals surface area contributed by atoms with E-state index in [4.69, 9.17) is 0 Å². The minimum absolute atomic E-state index is 0.277. The second-order valence-corrected chi connectivity index (χ2v) is 8.10. The Morgan fingerprint density at radius 1 is 1.25 bits per heavy atom. The van der Waals surface area contributed by atoms with Crippen molar-refractivity contribution >= 4 is 0 Å². The SMILES string of the molecule is CC(C)CCN1CCN(Cc2cc(CC(C)C)n[nH]2)CC1CCO. The first-order valence-electron chi connectivity index (χ1n) is 9.58. The van der Waals surface area contributed by atoms with Crippen molar-refractivity contribution in [1.29, 1.82) is 0 Å². The van der Waals surface area contributed by atoms with E-state index < -0.39 is 0 Å². The molecule has 1 aromatic rings. The summed E-state index contributed by atoms with van der Waals surface area (Å²) >= 11 is 0. The number of rotatable bonds is 9. The van der Waals surface area contributed by atoms with Gasteiger partial charge in [0.25, 0.3) is 0 Å². The second kappa shape index (κ2) is 9.54. The minimum atomic E-state index is 0.277. The number of hydrogen-bond acceptors (Lipinski definition) is 4. The van der Waals surface area contributed by atoms with E-state index in [2.05, 4.69) is 53.8 Å². The molecule has 1 fully saturated rings. The van der Waals surface area contributed by atoms with E-state index in [0.717, 1.165) is 51.5 Å². The lowest BCUT2D eigenvalue weighted by molar-refractivity contribution is 0.0518. The summed E-state index contributed by atoms with van der Waals surface area (Å²) in [5.74, 6) is 1.38. The maximum Gasteiger partial charge on any atom is 0.0628 e. The Morgan fingerprint density at radius 2 is 2.04 bits per heavy atom. The summed E-state index contributed by atoms with van der Waals surface area (Å²) in [6, 6.07) is 2.69. The molecule has 0 aromatic carbocycles. The molecular formula is C19H36N4O. The molecular weight excluding hydrogens is 300 g/mol. The fourth-order valence-electron chi connectivity index (χ4n) is 3.50. The highest BCUT2D eigenvalue weighted by Crippen LogP contribution is 2.17. The molecule has 1 atom stereocenters. The number of aromatic nitrogens is 2. The average Bonchev–Trinajstić information content (AvgIpc) is 2.93. The van der Waals surface area contributed by atoms with Crippen LogP contribution in [0.15, 0.2) is 6.07 Å². The van der Waals surface area contributed by atoms with Crippen LogP contribution in [-0.4, -0.2) is 63.9 Å². The van der Waals surface area contributed by atoms with Crippen molar-refractivity contribution in [3.8, 4) is 0 Å². The van der Waals surface area contributed by atoms with Crippen molar-refractivity contribution in [3.05, 3.63) is 17.5 Å². The predicted molar refractivity (Wildman–Crippen MR) is 98.9 cm³/mol. The highest BCUT2D eigenvalue weighted by Gasteiger charge is 2.26. The highest BCUT2D eigenvalue weighted by atomic mass is 16.3. The molecule has 0 radical (unpaired) electrons. The molecule has 1 unspecified atom stereocenters. The van der Waals surface area contributed by atoms with Gasteiger partial charge in [-0.2, -0.15) is 5.10 Å². The number of hydrogen-bond donors (Lipinski definition) is 2. The molecule has 24 heavy (non-hydrogen) atoms. The molecule has 0 spiro atoms. The van der Waals surface area contributed by atoms with Gasteiger partial charge in [-0.15, -0.1) is 0 Å². The van der Waals surface area contributed by atoms with Gasteiger partial charge in [-0.25, -0.2) is 0 Å². The van der Waals surface area contributed by atoms with Gasteiger partial charge in [0.1, 0.15) is 0 Å². The van der Waals surface area contributed by atoms with Crippen molar-refractivity contribution in [2.45, 2.75) is 59.5 Å². The molecule has 1 aliphatic rings. The lowest BCUT2D eigenvalue weighted by Gasteiger charge is -2.41. The van der Waals surface area contributed by atoms with Gasteiger partial charge >= 0.3 is 0 Å². The summed E-state index contributed by atoms with van der Waals surface area (Å²) < 4.78 is 0. The Bertz CT molecular complexity index is 472. The van der Waals surface area contributed by atoms with Gasteiger partial charge in [0, 0.05) is 44.5 Å². The summed E-state index contributed by atoms with van der Waals surface area (Å²) in [5, 5.41) is 17.1. The molecule has 0 saturated carbocycles. The molecule has 0 aliphatic carbocycles. The van der Waals surface area contributed by atoms with Crippen molar-refractivity contribution in [2.24, 2.45) is 11.8 Å². The molecule has 5 nitrogen and oxygen atoms in total. The van der Waals surface area contributed by atoms with Crippen LogP contribution in [-0.2, 0) is 13.0 Å². The highest BCUT2D eigenvalue weighted by molar-refractivity contribution is 5.09. The van der Waals surface area contributed by atoms with E-state index in [1.54, 1.807) is 0 Å². The number of aromatic amines is 1. The number of aliphatic hydroxyl groups is 1. The van der Waals surface area contributed by atoms with Crippen LogP contribution in [0.3, 0.4) is 0 Å². The molecule has 1 aromatic heterocycles. The maximum atomic E-state index is 9.42. The zero-order valence-electron chi connectivity index (χ0n) is 16.0. The molecule has 2 heterocycles. The van der Waals surface area contributed by atoms with Crippen LogP contribution in [0.4, 0.5) is 0 Å². The maximum absolute atomic E-state index is 9.42. The third-order valence-electron chi connectivity index (χ3n) is 4.84. The third kappa shape index (κ3) is 6.19. The van der Waals surface area contributed by atoms with Gasteiger partial charge in [-0.1, -0.05) is 27.7 Å². The van der Waals surface area contributed by atoms with Crippen LogP contribution in [0.5, 0.6) is 0 Å². The summed E-state index contributed by atoms with van der Waals surface area (Å²) in [6.07, 6.45) is 3.14. The number of H-pyrrole nitrogens is 1. The molecule has 1 aliphatic heterocycles. The van der Waals surface area contributed by atoms with Crippen LogP contribution >= 0.6 is 0 Å². The van der Waals surface area contributed by atoms with Gasteiger partial charge in [0.05, 0.1) is 5.69 Å². The molecule has 2 rings (SSSR count). The third-order valence-corrected chi connectivity index (χ3v) is 4.84. The first kappa shape index (κ1) is 19.4. The number of nitrogens with one attached hydrogen (secondary N) is 1. The lowest BCUT2D eigenvalue weighted by atomic mass is 10.1. The van der Waals surface area contributed by atoms with Gasteiger partial charge in [0.15, 0.2) is 0 Å². The van der Waals surface area contributed by atoms with Gasteiger partial charge in [0.2, 0.25) is 0 Å². The topological polar surface area (TPSA) is 55.4 Å². The molecule has 1 saturated heterocycles. The van der Waals surface area contributed by atoms with Crippen LogP contribution in [0.1, 0.15) is 51.9 Å². The van der Waals surface area contributed by atoms with Crippen molar-refractivity contribution in [3.63, 3.8) is 0 Å². The quantitative estimate of drug-likeness (QED) is 0.727. The second-order valence-electron chi connectivity index (χ2n) is 8.10. The van der Waals surface area contributed by atoms with Gasteiger partial charge < -0.3 is 5.11 Å². The predicted octanol–water partition coefficient (Wildman–Crippen LogP) is 2.52. The first-order valence-corrected chi connectivity index (χ1v) is 9.58. The zero-order valence-corrected chi connectivity index (χ0v) is 16.0. The zero-order chi connectivity index (χ0) is 17.5. The molecule has 2 N–H and O–H groups in total. The fraction of sp³-hybridized carbons (Fsp3) is 0.842. The number of aliphatic hydroxyl groups excluding tert-OH is 1. The van der Waals surface area contributed by atoms with E-state index >= 15 is 0 Å². The summed E-state index contributed by atoms with van der Waals surface area (Å²) in [6.45, 7) is 14.6. The molecule has 0 bridgehead atoms. The Kier molecular flexibility index (Phi) is 7.72. The largest absolute Gasteiger partial charge is 0.396 e. The van der Waals surface area contributed by atoms with Crippen LogP contribution in [0.2, 0.25) is 0 Å². The normalized spacial score (nSPS) is 20.4. The fourth-order valence-corrected chi connectivity index (χ4v) is 3.50. The van der Waals surface area contributed by atoms with Gasteiger partial charge in [-0.05, 0) is 43.7 Å².